The molecule has 1 unspecified atom stereocenters. The van der Waals surface area contributed by atoms with Crippen LogP contribution in [0.5, 0.6) is 0 Å². The second-order valence-electron chi connectivity index (χ2n) is 5.25. The van der Waals surface area contributed by atoms with Crippen molar-refractivity contribution in [3.8, 4) is 0 Å². The molecular weight excluding hydrogens is 319 g/mol. The van der Waals surface area contributed by atoms with E-state index in [9.17, 15) is 14.3 Å². The maximum absolute atomic E-state index is 12.0. The highest BCUT2D eigenvalue weighted by atomic mass is 31.2. The predicted octanol–water partition coefficient (Wildman–Crippen LogP) is 3.83. The van der Waals surface area contributed by atoms with Gasteiger partial charge in [-0.2, -0.15) is 0 Å². The Morgan fingerprint density at radius 2 is 1.52 bits per heavy atom. The first-order chi connectivity index (χ1) is 10.8. The standard InChI is InChI=1S/C16H17O6P/c1-16(2,14-11-7-4-8-12-14)21-23(18,19)22-20-15(17)13-9-5-3-6-10-13/h3-12H,1-2H3,(H,18,19). The molecule has 0 fully saturated rings. The number of phosphoric ester groups is 1. The quantitative estimate of drug-likeness (QED) is 0.490. The topological polar surface area (TPSA) is 82.1 Å². The van der Waals surface area contributed by atoms with Gasteiger partial charge in [-0.15, -0.1) is 0 Å². The van der Waals surface area contributed by atoms with E-state index in [2.05, 4.69) is 9.56 Å². The number of benzene rings is 2. The minimum atomic E-state index is -4.60. The summed E-state index contributed by atoms with van der Waals surface area (Å²) in [5.41, 5.74) is -0.243. The molecule has 0 radical (unpaired) electrons. The third kappa shape index (κ3) is 5.01. The van der Waals surface area contributed by atoms with Gasteiger partial charge in [0.05, 0.1) is 11.2 Å². The average molecular weight is 336 g/mol. The molecule has 0 aliphatic carbocycles. The molecule has 1 atom stereocenters. The zero-order chi connectivity index (χ0) is 16.9. The maximum atomic E-state index is 12.0. The fourth-order valence-electron chi connectivity index (χ4n) is 1.90. The van der Waals surface area contributed by atoms with Crippen LogP contribution in [-0.4, -0.2) is 10.9 Å². The first-order valence-corrected chi connectivity index (χ1v) is 8.34. The number of carbonyl (C=O) groups is 1. The van der Waals surface area contributed by atoms with E-state index in [4.69, 9.17) is 4.52 Å². The zero-order valence-electron chi connectivity index (χ0n) is 12.7. The van der Waals surface area contributed by atoms with Gasteiger partial charge in [0.15, 0.2) is 0 Å². The lowest BCUT2D eigenvalue weighted by Crippen LogP contribution is -2.21. The molecular formula is C16H17O6P. The molecule has 0 aliphatic rings. The summed E-state index contributed by atoms with van der Waals surface area (Å²) in [6.07, 6.45) is 0. The average Bonchev–Trinajstić information content (AvgIpc) is 2.53. The normalized spacial score (nSPS) is 14.0. The van der Waals surface area contributed by atoms with Crippen LogP contribution in [0.25, 0.3) is 0 Å². The van der Waals surface area contributed by atoms with E-state index in [0.717, 1.165) is 0 Å². The Bertz CT molecular complexity index is 699. The van der Waals surface area contributed by atoms with E-state index < -0.39 is 19.4 Å². The summed E-state index contributed by atoms with van der Waals surface area (Å²) in [4.78, 5) is 25.8. The van der Waals surface area contributed by atoms with Crippen molar-refractivity contribution >= 4 is 13.8 Å². The lowest BCUT2D eigenvalue weighted by atomic mass is 9.99. The van der Waals surface area contributed by atoms with Crippen LogP contribution < -0.4 is 0 Å². The van der Waals surface area contributed by atoms with E-state index in [1.54, 1.807) is 56.3 Å². The van der Waals surface area contributed by atoms with Crippen LogP contribution >= 0.6 is 7.82 Å². The van der Waals surface area contributed by atoms with Crippen molar-refractivity contribution in [2.75, 3.05) is 0 Å². The van der Waals surface area contributed by atoms with Crippen LogP contribution in [0.3, 0.4) is 0 Å². The van der Waals surface area contributed by atoms with Crippen molar-refractivity contribution in [3.05, 3.63) is 71.8 Å². The lowest BCUT2D eigenvalue weighted by Gasteiger charge is -2.26. The fraction of sp³-hybridized carbons (Fsp3) is 0.188. The predicted molar refractivity (Wildman–Crippen MR) is 83.3 cm³/mol. The molecule has 2 aromatic carbocycles. The van der Waals surface area contributed by atoms with Gasteiger partial charge in [-0.05, 0) is 31.5 Å². The van der Waals surface area contributed by atoms with Crippen LogP contribution in [0, 0.1) is 0 Å². The molecule has 2 aromatic rings. The lowest BCUT2D eigenvalue weighted by molar-refractivity contribution is -0.176. The van der Waals surface area contributed by atoms with Gasteiger partial charge < -0.3 is 4.89 Å². The van der Waals surface area contributed by atoms with Crippen molar-refractivity contribution in [1.29, 1.82) is 0 Å². The second-order valence-corrected chi connectivity index (χ2v) is 6.52. The van der Waals surface area contributed by atoms with Crippen LogP contribution in [-0.2, 0) is 24.3 Å². The van der Waals surface area contributed by atoms with Gasteiger partial charge in [0.2, 0.25) is 0 Å². The minimum absolute atomic E-state index is 0.190. The van der Waals surface area contributed by atoms with E-state index in [1.807, 2.05) is 6.07 Å². The van der Waals surface area contributed by atoms with Gasteiger partial charge >= 0.3 is 13.8 Å². The molecule has 0 aliphatic heterocycles. The minimum Gasteiger partial charge on any atom is -0.300 e. The Hall–Kier alpha value is -1.98. The van der Waals surface area contributed by atoms with E-state index in [0.29, 0.717) is 5.56 Å². The molecule has 0 bridgehead atoms. The van der Waals surface area contributed by atoms with Crippen LogP contribution in [0.15, 0.2) is 60.7 Å². The summed E-state index contributed by atoms with van der Waals surface area (Å²) in [6, 6.07) is 16.8. The van der Waals surface area contributed by atoms with Gasteiger partial charge in [-0.1, -0.05) is 53.2 Å². The summed E-state index contributed by atoms with van der Waals surface area (Å²) in [5, 5.41) is 0. The van der Waals surface area contributed by atoms with Gasteiger partial charge in [0.25, 0.3) is 0 Å². The molecule has 7 heteroatoms. The monoisotopic (exact) mass is 336 g/mol. The van der Waals surface area contributed by atoms with Crippen molar-refractivity contribution in [3.63, 3.8) is 0 Å². The first-order valence-electron chi connectivity index (χ1n) is 6.85. The van der Waals surface area contributed by atoms with Gasteiger partial charge in [0.1, 0.15) is 0 Å². The SMILES string of the molecule is CC(C)(OP(=O)(O)OOC(=O)c1ccccc1)c1ccccc1. The summed E-state index contributed by atoms with van der Waals surface area (Å²) in [6.45, 7) is 3.21. The second kappa shape index (κ2) is 7.06. The molecule has 122 valence electrons. The molecule has 1 N–H and O–H groups in total. The van der Waals surface area contributed by atoms with Crippen molar-refractivity contribution in [2.24, 2.45) is 0 Å². The Labute approximate surface area is 134 Å². The highest BCUT2D eigenvalue weighted by Gasteiger charge is 2.35. The Kier molecular flexibility index (Phi) is 5.34. The summed E-state index contributed by atoms with van der Waals surface area (Å²) >= 11 is 0. The van der Waals surface area contributed by atoms with E-state index in [1.165, 1.54) is 12.1 Å². The molecule has 2 rings (SSSR count). The van der Waals surface area contributed by atoms with Gasteiger partial charge in [0, 0.05) is 0 Å². The first kappa shape index (κ1) is 17.4. The Morgan fingerprint density at radius 1 is 1.00 bits per heavy atom. The molecule has 0 saturated heterocycles. The third-order valence-corrected chi connectivity index (χ3v) is 3.98. The van der Waals surface area contributed by atoms with Gasteiger partial charge in [-0.25, -0.2) is 9.36 Å². The van der Waals surface area contributed by atoms with Crippen LogP contribution in [0.2, 0.25) is 0 Å². The Balaban J connectivity index is 1.99. The molecule has 6 nitrogen and oxygen atoms in total. The molecule has 0 saturated carbocycles. The largest absolute Gasteiger partial charge is 0.509 e. The Morgan fingerprint density at radius 3 is 2.09 bits per heavy atom. The van der Waals surface area contributed by atoms with Crippen molar-refractivity contribution < 1.29 is 28.3 Å². The number of rotatable bonds is 6. The zero-order valence-corrected chi connectivity index (χ0v) is 13.6. The summed E-state index contributed by atoms with van der Waals surface area (Å²) in [5.74, 6) is -0.888. The summed E-state index contributed by atoms with van der Waals surface area (Å²) in [7, 11) is -4.60. The smallest absolute Gasteiger partial charge is 0.300 e. The molecule has 0 amide bonds. The maximum Gasteiger partial charge on any atom is 0.509 e. The number of phosphoric acid groups is 1. The number of hydrogen-bond acceptors (Lipinski definition) is 5. The molecule has 0 heterocycles. The van der Waals surface area contributed by atoms with Crippen molar-refractivity contribution in [2.45, 2.75) is 19.4 Å². The molecule has 23 heavy (non-hydrogen) atoms. The molecule has 0 aromatic heterocycles. The van der Waals surface area contributed by atoms with E-state index in [-0.39, 0.29) is 5.56 Å². The van der Waals surface area contributed by atoms with Crippen LogP contribution in [0.4, 0.5) is 0 Å². The van der Waals surface area contributed by atoms with Crippen molar-refractivity contribution in [1.82, 2.24) is 0 Å². The summed E-state index contributed by atoms with van der Waals surface area (Å²) < 4.78 is 21.4. The number of hydrogen-bond donors (Lipinski definition) is 1. The highest BCUT2D eigenvalue weighted by Crippen LogP contribution is 2.50. The van der Waals surface area contributed by atoms with Gasteiger partial charge in [-0.3, -0.25) is 9.41 Å². The fourth-order valence-corrected chi connectivity index (χ4v) is 2.77. The van der Waals surface area contributed by atoms with Crippen LogP contribution in [0.1, 0.15) is 29.8 Å². The highest BCUT2D eigenvalue weighted by molar-refractivity contribution is 7.47. The molecule has 0 spiro atoms. The number of carbonyl (C=O) groups excluding carboxylic acids is 1. The third-order valence-electron chi connectivity index (χ3n) is 3.03. The van der Waals surface area contributed by atoms with E-state index >= 15 is 0 Å².